The highest BCUT2D eigenvalue weighted by Crippen LogP contribution is 2.29. The summed E-state index contributed by atoms with van der Waals surface area (Å²) in [6, 6.07) is 2.91. The van der Waals surface area contributed by atoms with Crippen molar-refractivity contribution < 1.29 is 0 Å². The first-order chi connectivity index (χ1) is 9.41. The summed E-state index contributed by atoms with van der Waals surface area (Å²) in [5.74, 6) is 0. The molecule has 0 saturated heterocycles. The van der Waals surface area contributed by atoms with E-state index in [-0.39, 0.29) is 5.54 Å². The number of pyridine rings is 1. The van der Waals surface area contributed by atoms with Crippen molar-refractivity contribution in [2.24, 2.45) is 0 Å². The molecule has 0 aromatic carbocycles. The van der Waals surface area contributed by atoms with Crippen LogP contribution >= 0.6 is 0 Å². The Hall–Kier alpha value is -1.35. The van der Waals surface area contributed by atoms with Crippen LogP contribution in [0, 0.1) is 6.92 Å². The normalized spacial score (nSPS) is 15.2. The molecule has 0 amide bonds. The molecule has 0 unspecified atom stereocenters. The average Bonchev–Trinajstić information content (AvgIpc) is 3.17. The predicted molar refractivity (Wildman–Crippen MR) is 86.1 cm³/mol. The van der Waals surface area contributed by atoms with Gasteiger partial charge in [-0.3, -0.25) is 4.98 Å². The van der Waals surface area contributed by atoms with Gasteiger partial charge in [-0.05, 0) is 46.6 Å². The first-order valence-electron chi connectivity index (χ1n) is 7.49. The second-order valence-corrected chi connectivity index (χ2v) is 6.68. The fourth-order valence-corrected chi connectivity index (χ4v) is 2.37. The highest BCUT2D eigenvalue weighted by atomic mass is 15.2. The van der Waals surface area contributed by atoms with E-state index < -0.39 is 0 Å². The number of hydrogen-bond donors (Lipinski definition) is 1. The summed E-state index contributed by atoms with van der Waals surface area (Å²) >= 11 is 0. The maximum Gasteiger partial charge on any atom is 0.0452 e. The number of hydrogen-bond acceptors (Lipinski definition) is 3. The first kappa shape index (κ1) is 15.0. The van der Waals surface area contributed by atoms with Crippen LogP contribution in [0.2, 0.25) is 0 Å². The molecule has 20 heavy (non-hydrogen) atoms. The fraction of sp³-hybridized carbons (Fsp3) is 0.588. The van der Waals surface area contributed by atoms with Gasteiger partial charge in [0.05, 0.1) is 0 Å². The van der Waals surface area contributed by atoms with Gasteiger partial charge in [-0.25, -0.2) is 0 Å². The van der Waals surface area contributed by atoms with Gasteiger partial charge in [0.15, 0.2) is 0 Å². The molecule has 0 radical (unpaired) electrons. The van der Waals surface area contributed by atoms with Crippen molar-refractivity contribution >= 4 is 5.69 Å². The molecule has 1 N–H and O–H groups in total. The lowest BCUT2D eigenvalue weighted by Crippen LogP contribution is -2.42. The van der Waals surface area contributed by atoms with E-state index in [1.54, 1.807) is 0 Å². The Balaban J connectivity index is 2.29. The Labute approximate surface area is 123 Å². The number of nitrogens with zero attached hydrogens (tertiary/aromatic N) is 2. The lowest BCUT2D eigenvalue weighted by molar-refractivity contribution is 0.519. The second kappa shape index (κ2) is 5.96. The molecule has 1 fully saturated rings. The Morgan fingerprint density at radius 3 is 2.70 bits per heavy atom. The summed E-state index contributed by atoms with van der Waals surface area (Å²) in [5, 5.41) is 3.59. The predicted octanol–water partition coefficient (Wildman–Crippen LogP) is 3.43. The lowest BCUT2D eigenvalue weighted by atomic mass is 10.0. The van der Waals surface area contributed by atoms with Gasteiger partial charge < -0.3 is 10.2 Å². The molecule has 3 heteroatoms. The number of nitrogens with one attached hydrogen (secondary N) is 1. The van der Waals surface area contributed by atoms with Crippen LogP contribution in [0.4, 0.5) is 5.69 Å². The van der Waals surface area contributed by atoms with Gasteiger partial charge in [0.1, 0.15) is 0 Å². The van der Waals surface area contributed by atoms with Crippen LogP contribution in [0.1, 0.15) is 44.9 Å². The quantitative estimate of drug-likeness (QED) is 0.805. The van der Waals surface area contributed by atoms with Crippen molar-refractivity contribution in [3.63, 3.8) is 0 Å². The van der Waals surface area contributed by atoms with Gasteiger partial charge in [0.25, 0.3) is 0 Å². The Kier molecular flexibility index (Phi) is 4.48. The van der Waals surface area contributed by atoms with E-state index in [4.69, 9.17) is 0 Å². The van der Waals surface area contributed by atoms with Crippen LogP contribution < -0.4 is 10.2 Å². The summed E-state index contributed by atoms with van der Waals surface area (Å²) in [4.78, 5) is 6.87. The molecule has 3 nitrogen and oxygen atoms in total. The molecule has 2 rings (SSSR count). The third-order valence-electron chi connectivity index (χ3n) is 3.67. The minimum atomic E-state index is 0.0658. The van der Waals surface area contributed by atoms with Crippen molar-refractivity contribution in [2.45, 2.75) is 58.7 Å². The van der Waals surface area contributed by atoms with Gasteiger partial charge in [-0.1, -0.05) is 6.08 Å². The Bertz CT molecular complexity index is 470. The average molecular weight is 273 g/mol. The van der Waals surface area contributed by atoms with Crippen molar-refractivity contribution in [3.8, 4) is 0 Å². The zero-order valence-corrected chi connectivity index (χ0v) is 13.2. The van der Waals surface area contributed by atoms with Gasteiger partial charge in [0, 0.05) is 47.8 Å². The first-order valence-corrected chi connectivity index (χ1v) is 7.49. The van der Waals surface area contributed by atoms with Crippen molar-refractivity contribution in [3.05, 3.63) is 36.2 Å². The summed E-state index contributed by atoms with van der Waals surface area (Å²) in [6.45, 7) is 14.4. The molecule has 0 bridgehead atoms. The van der Waals surface area contributed by atoms with Crippen molar-refractivity contribution in [1.82, 2.24) is 10.3 Å². The molecule has 110 valence electrons. The minimum absolute atomic E-state index is 0.0658. The summed E-state index contributed by atoms with van der Waals surface area (Å²) in [5.41, 5.74) is 3.68. The molecule has 1 aliphatic rings. The number of aryl methyl sites for hydroxylation is 1. The minimum Gasteiger partial charge on any atom is -0.363 e. The number of rotatable bonds is 6. The molecule has 1 aliphatic carbocycles. The van der Waals surface area contributed by atoms with Crippen molar-refractivity contribution in [1.29, 1.82) is 0 Å². The van der Waals surface area contributed by atoms with E-state index in [2.05, 4.69) is 55.5 Å². The van der Waals surface area contributed by atoms with Gasteiger partial charge in [-0.15, -0.1) is 6.58 Å². The van der Waals surface area contributed by atoms with E-state index >= 15 is 0 Å². The highest BCUT2D eigenvalue weighted by Gasteiger charge is 2.25. The van der Waals surface area contributed by atoms with Gasteiger partial charge in [0.2, 0.25) is 0 Å². The molecular formula is C17H27N3. The molecule has 1 heterocycles. The zero-order chi connectivity index (χ0) is 14.8. The van der Waals surface area contributed by atoms with Crippen molar-refractivity contribution in [2.75, 3.05) is 11.4 Å². The summed E-state index contributed by atoms with van der Waals surface area (Å²) in [7, 11) is 0. The van der Waals surface area contributed by atoms with E-state index in [0.717, 1.165) is 18.8 Å². The Morgan fingerprint density at radius 1 is 1.45 bits per heavy atom. The van der Waals surface area contributed by atoms with Crippen LogP contribution in [0.3, 0.4) is 0 Å². The SMILES string of the molecule is C=CCN(c1cc(C)ncc1CNC1CC1)C(C)(C)C. The molecule has 1 saturated carbocycles. The van der Waals surface area contributed by atoms with Gasteiger partial charge in [-0.2, -0.15) is 0 Å². The lowest BCUT2D eigenvalue weighted by Gasteiger charge is -2.38. The summed E-state index contributed by atoms with van der Waals surface area (Å²) < 4.78 is 0. The fourth-order valence-electron chi connectivity index (χ4n) is 2.37. The third-order valence-corrected chi connectivity index (χ3v) is 3.67. The third kappa shape index (κ3) is 3.83. The van der Waals surface area contributed by atoms with Gasteiger partial charge >= 0.3 is 0 Å². The van der Waals surface area contributed by atoms with Crippen LogP contribution in [0.5, 0.6) is 0 Å². The maximum absolute atomic E-state index is 4.47. The topological polar surface area (TPSA) is 28.2 Å². The molecular weight excluding hydrogens is 246 g/mol. The number of anilines is 1. The van der Waals surface area contributed by atoms with E-state index in [1.165, 1.54) is 24.1 Å². The van der Waals surface area contributed by atoms with E-state index in [1.807, 2.05) is 12.3 Å². The maximum atomic E-state index is 4.47. The molecule has 1 aromatic heterocycles. The standard InChI is InChI=1S/C17H27N3/c1-6-9-20(17(3,4)5)16-10-13(2)18-11-14(16)12-19-15-7-8-15/h6,10-11,15,19H,1,7-9,12H2,2-5H3. The molecule has 0 atom stereocenters. The highest BCUT2D eigenvalue weighted by molar-refractivity contribution is 5.56. The van der Waals surface area contributed by atoms with E-state index in [0.29, 0.717) is 6.04 Å². The van der Waals surface area contributed by atoms with Crippen LogP contribution in [0.25, 0.3) is 0 Å². The second-order valence-electron chi connectivity index (χ2n) is 6.68. The largest absolute Gasteiger partial charge is 0.363 e. The summed E-state index contributed by atoms with van der Waals surface area (Å²) in [6.07, 6.45) is 6.61. The molecule has 0 aliphatic heterocycles. The van der Waals surface area contributed by atoms with E-state index in [9.17, 15) is 0 Å². The smallest absolute Gasteiger partial charge is 0.0452 e. The van der Waals surface area contributed by atoms with Crippen LogP contribution in [0.15, 0.2) is 24.9 Å². The van der Waals surface area contributed by atoms with Crippen LogP contribution in [-0.2, 0) is 6.54 Å². The zero-order valence-electron chi connectivity index (χ0n) is 13.2. The molecule has 1 aromatic rings. The monoisotopic (exact) mass is 273 g/mol. The molecule has 0 spiro atoms. The number of aromatic nitrogens is 1. The Morgan fingerprint density at radius 2 is 2.15 bits per heavy atom. The van der Waals surface area contributed by atoms with Crippen LogP contribution in [-0.4, -0.2) is 23.1 Å².